The summed E-state index contributed by atoms with van der Waals surface area (Å²) in [7, 11) is 0. The fourth-order valence-electron chi connectivity index (χ4n) is 4.26. The van der Waals surface area contributed by atoms with Crippen LogP contribution in [0.2, 0.25) is 0 Å². The van der Waals surface area contributed by atoms with Crippen LogP contribution in [0, 0.1) is 0 Å². The standard InChI is InChI=1S/C23H25N5/c1-2-7-19(8-3-1)22-25-21-10-4-9-20(21)23(26-22)28-14-12-27(13-15-28)17-18-6-5-11-24-16-18/h1-3,5-8,11,16H,4,9-10,12-15,17H2. The van der Waals surface area contributed by atoms with Gasteiger partial charge in [0.05, 0.1) is 0 Å². The fourth-order valence-corrected chi connectivity index (χ4v) is 4.26. The molecule has 2 aliphatic rings. The highest BCUT2D eigenvalue weighted by Crippen LogP contribution is 2.32. The van der Waals surface area contributed by atoms with Crippen LogP contribution in [0.15, 0.2) is 54.9 Å². The maximum Gasteiger partial charge on any atom is 0.161 e. The Hall–Kier alpha value is -2.79. The third kappa shape index (κ3) is 3.50. The van der Waals surface area contributed by atoms with Crippen LogP contribution >= 0.6 is 0 Å². The number of benzene rings is 1. The molecule has 0 bridgehead atoms. The minimum Gasteiger partial charge on any atom is -0.354 e. The van der Waals surface area contributed by atoms with Crippen molar-refractivity contribution in [1.29, 1.82) is 0 Å². The van der Waals surface area contributed by atoms with Crippen LogP contribution < -0.4 is 4.90 Å². The van der Waals surface area contributed by atoms with Crippen molar-refractivity contribution in [2.75, 3.05) is 31.1 Å². The van der Waals surface area contributed by atoms with Gasteiger partial charge in [0, 0.05) is 61.9 Å². The smallest absolute Gasteiger partial charge is 0.161 e. The average molecular weight is 371 g/mol. The highest BCUT2D eigenvalue weighted by atomic mass is 15.3. The first kappa shape index (κ1) is 17.3. The van der Waals surface area contributed by atoms with Crippen LogP contribution in [0.4, 0.5) is 5.82 Å². The van der Waals surface area contributed by atoms with Gasteiger partial charge in [-0.3, -0.25) is 9.88 Å². The lowest BCUT2D eigenvalue weighted by molar-refractivity contribution is 0.249. The van der Waals surface area contributed by atoms with E-state index in [1.54, 1.807) is 0 Å². The average Bonchev–Trinajstić information content (AvgIpc) is 3.24. The van der Waals surface area contributed by atoms with Crippen LogP contribution in [-0.2, 0) is 19.4 Å². The molecule has 3 heterocycles. The Morgan fingerprint density at radius 1 is 0.857 bits per heavy atom. The molecule has 1 fully saturated rings. The Morgan fingerprint density at radius 2 is 1.71 bits per heavy atom. The summed E-state index contributed by atoms with van der Waals surface area (Å²) >= 11 is 0. The van der Waals surface area contributed by atoms with E-state index in [9.17, 15) is 0 Å². The van der Waals surface area contributed by atoms with Gasteiger partial charge in [0.2, 0.25) is 0 Å². The Bertz CT molecular complexity index is 934. The minimum atomic E-state index is 0.869. The van der Waals surface area contributed by atoms with Crippen molar-refractivity contribution in [2.45, 2.75) is 25.8 Å². The molecule has 0 N–H and O–H groups in total. The van der Waals surface area contributed by atoms with E-state index in [2.05, 4.69) is 45.1 Å². The predicted octanol–water partition coefficient (Wildman–Crippen LogP) is 3.35. The van der Waals surface area contributed by atoms with E-state index in [1.807, 2.05) is 24.5 Å². The second kappa shape index (κ2) is 7.68. The summed E-state index contributed by atoms with van der Waals surface area (Å²) in [5, 5.41) is 0. The molecule has 3 aromatic rings. The first-order valence-electron chi connectivity index (χ1n) is 10.2. The number of nitrogens with zero attached hydrogens (tertiary/aromatic N) is 5. The van der Waals surface area contributed by atoms with Crippen molar-refractivity contribution < 1.29 is 0 Å². The predicted molar refractivity (Wildman–Crippen MR) is 111 cm³/mol. The van der Waals surface area contributed by atoms with Gasteiger partial charge in [-0.15, -0.1) is 0 Å². The van der Waals surface area contributed by atoms with Crippen LogP contribution in [0.25, 0.3) is 11.4 Å². The topological polar surface area (TPSA) is 45.2 Å². The second-order valence-electron chi connectivity index (χ2n) is 7.64. The normalized spacial score (nSPS) is 16.9. The van der Waals surface area contributed by atoms with E-state index >= 15 is 0 Å². The largest absolute Gasteiger partial charge is 0.354 e. The van der Waals surface area contributed by atoms with Crippen molar-refractivity contribution in [1.82, 2.24) is 19.9 Å². The monoisotopic (exact) mass is 371 g/mol. The van der Waals surface area contributed by atoms with Crippen LogP contribution in [0.5, 0.6) is 0 Å². The number of hydrogen-bond acceptors (Lipinski definition) is 5. The van der Waals surface area contributed by atoms with Crippen molar-refractivity contribution in [3.8, 4) is 11.4 Å². The zero-order valence-corrected chi connectivity index (χ0v) is 16.1. The third-order valence-corrected chi connectivity index (χ3v) is 5.74. The van der Waals surface area contributed by atoms with E-state index in [-0.39, 0.29) is 0 Å². The summed E-state index contributed by atoms with van der Waals surface area (Å²) in [6.45, 7) is 5.09. The maximum atomic E-state index is 5.03. The molecule has 28 heavy (non-hydrogen) atoms. The van der Waals surface area contributed by atoms with E-state index in [0.717, 1.165) is 57.0 Å². The quantitative estimate of drug-likeness (QED) is 0.704. The molecule has 1 aliphatic heterocycles. The molecule has 5 rings (SSSR count). The van der Waals surface area contributed by atoms with Gasteiger partial charge in [-0.1, -0.05) is 36.4 Å². The Kier molecular flexibility index (Phi) is 4.75. The van der Waals surface area contributed by atoms with Gasteiger partial charge < -0.3 is 4.90 Å². The molecule has 1 aliphatic carbocycles. The molecule has 5 heteroatoms. The maximum absolute atomic E-state index is 5.03. The first-order valence-corrected chi connectivity index (χ1v) is 10.2. The third-order valence-electron chi connectivity index (χ3n) is 5.74. The molecule has 0 unspecified atom stereocenters. The zero-order valence-electron chi connectivity index (χ0n) is 16.1. The van der Waals surface area contributed by atoms with Crippen molar-refractivity contribution in [2.24, 2.45) is 0 Å². The van der Waals surface area contributed by atoms with Crippen LogP contribution in [-0.4, -0.2) is 46.0 Å². The molecule has 1 aromatic carbocycles. The SMILES string of the molecule is c1ccc(-c2nc3c(c(N4CCN(Cc5cccnc5)CC4)n2)CCC3)cc1. The van der Waals surface area contributed by atoms with Crippen LogP contribution in [0.1, 0.15) is 23.2 Å². The summed E-state index contributed by atoms with van der Waals surface area (Å²) in [6, 6.07) is 14.5. The van der Waals surface area contributed by atoms with Gasteiger partial charge in [0.15, 0.2) is 5.82 Å². The highest BCUT2D eigenvalue weighted by Gasteiger charge is 2.26. The van der Waals surface area contributed by atoms with Gasteiger partial charge in [-0.05, 0) is 30.9 Å². The Labute approximate surface area is 166 Å². The fraction of sp³-hybridized carbons (Fsp3) is 0.348. The van der Waals surface area contributed by atoms with E-state index < -0.39 is 0 Å². The van der Waals surface area contributed by atoms with Crippen molar-refractivity contribution in [3.05, 3.63) is 71.7 Å². The Balaban J connectivity index is 1.36. The van der Waals surface area contributed by atoms with Crippen molar-refractivity contribution >= 4 is 5.82 Å². The number of hydrogen-bond donors (Lipinski definition) is 0. The van der Waals surface area contributed by atoms with Gasteiger partial charge in [-0.2, -0.15) is 0 Å². The number of anilines is 1. The van der Waals surface area contributed by atoms with Crippen LogP contribution in [0.3, 0.4) is 0 Å². The molecule has 0 saturated carbocycles. The number of aromatic nitrogens is 3. The lowest BCUT2D eigenvalue weighted by Gasteiger charge is -2.36. The van der Waals surface area contributed by atoms with E-state index in [0.29, 0.717) is 0 Å². The number of fused-ring (bicyclic) bond motifs is 1. The lowest BCUT2D eigenvalue weighted by Crippen LogP contribution is -2.46. The molecule has 5 nitrogen and oxygen atoms in total. The summed E-state index contributed by atoms with van der Waals surface area (Å²) in [6.07, 6.45) is 7.18. The summed E-state index contributed by atoms with van der Waals surface area (Å²) in [4.78, 5) is 19.1. The molecule has 0 radical (unpaired) electrons. The van der Waals surface area contributed by atoms with Gasteiger partial charge in [-0.25, -0.2) is 9.97 Å². The van der Waals surface area contributed by atoms with E-state index in [1.165, 1.54) is 29.1 Å². The molecule has 0 amide bonds. The lowest BCUT2D eigenvalue weighted by atomic mass is 10.1. The molecule has 1 saturated heterocycles. The molecule has 0 spiro atoms. The number of aryl methyl sites for hydroxylation is 1. The summed E-state index contributed by atoms with van der Waals surface area (Å²) < 4.78 is 0. The zero-order chi connectivity index (χ0) is 18.8. The minimum absolute atomic E-state index is 0.869. The van der Waals surface area contributed by atoms with E-state index in [4.69, 9.17) is 9.97 Å². The van der Waals surface area contributed by atoms with Gasteiger partial charge in [0.1, 0.15) is 5.82 Å². The first-order chi connectivity index (χ1) is 13.9. The molecule has 142 valence electrons. The number of pyridine rings is 1. The summed E-state index contributed by atoms with van der Waals surface area (Å²) in [5.74, 6) is 2.04. The summed E-state index contributed by atoms with van der Waals surface area (Å²) in [5.41, 5.74) is 5.01. The molecular weight excluding hydrogens is 346 g/mol. The highest BCUT2D eigenvalue weighted by molar-refractivity contribution is 5.61. The number of rotatable bonds is 4. The van der Waals surface area contributed by atoms with Crippen molar-refractivity contribution in [3.63, 3.8) is 0 Å². The van der Waals surface area contributed by atoms with Gasteiger partial charge in [0.25, 0.3) is 0 Å². The Morgan fingerprint density at radius 3 is 2.50 bits per heavy atom. The molecule has 2 aromatic heterocycles. The molecular formula is C23H25N5. The number of piperazine rings is 1. The van der Waals surface area contributed by atoms with Gasteiger partial charge >= 0.3 is 0 Å². The second-order valence-corrected chi connectivity index (χ2v) is 7.64. The molecule has 0 atom stereocenters.